The first-order chi connectivity index (χ1) is 11.2. The maximum Gasteiger partial charge on any atom is 0.275 e. The van der Waals surface area contributed by atoms with Crippen LogP contribution in [0.4, 0.5) is 5.69 Å². The van der Waals surface area contributed by atoms with Crippen LogP contribution in [0.25, 0.3) is 10.9 Å². The molecular formula is C17H18N4O2. The molecule has 6 nitrogen and oxygen atoms in total. The van der Waals surface area contributed by atoms with Gasteiger partial charge in [-0.15, -0.1) is 0 Å². The van der Waals surface area contributed by atoms with Crippen molar-refractivity contribution >= 4 is 35.4 Å². The fraction of sp³-hybridized carbons (Fsp3) is 0.176. The summed E-state index contributed by atoms with van der Waals surface area (Å²) < 4.78 is 5.53. The molecule has 0 fully saturated rings. The standard InChI is InChI=1S/C17H18N4O2/c1-4-19-11-15(18-3)17(22)21-14-10-13(23-5-2)9-12-7-6-8-20-16(12)14/h4,6-11H,3,5H2,1-2H3,(H,21,22)/b15-11-,19-4-. The van der Waals surface area contributed by atoms with Gasteiger partial charge < -0.3 is 10.1 Å². The molecule has 0 radical (unpaired) electrons. The second-order valence-electron chi connectivity index (χ2n) is 4.51. The van der Waals surface area contributed by atoms with Gasteiger partial charge in [0.25, 0.3) is 5.91 Å². The van der Waals surface area contributed by atoms with Gasteiger partial charge in [0, 0.05) is 23.9 Å². The normalized spacial score (nSPS) is 11.7. The molecule has 1 N–H and O–H groups in total. The Labute approximate surface area is 134 Å². The molecule has 0 aliphatic heterocycles. The van der Waals surface area contributed by atoms with Crippen LogP contribution in [-0.4, -0.2) is 30.4 Å². The van der Waals surface area contributed by atoms with E-state index < -0.39 is 5.91 Å². The lowest BCUT2D eigenvalue weighted by molar-refractivity contribution is -0.112. The Morgan fingerprint density at radius 2 is 2.30 bits per heavy atom. The van der Waals surface area contributed by atoms with Crippen molar-refractivity contribution < 1.29 is 9.53 Å². The van der Waals surface area contributed by atoms with Crippen molar-refractivity contribution in [1.29, 1.82) is 0 Å². The average Bonchev–Trinajstić information content (AvgIpc) is 2.56. The van der Waals surface area contributed by atoms with Gasteiger partial charge in [-0.1, -0.05) is 6.07 Å². The van der Waals surface area contributed by atoms with E-state index in [-0.39, 0.29) is 5.70 Å². The molecule has 1 heterocycles. The Morgan fingerprint density at radius 3 is 3.00 bits per heavy atom. The zero-order valence-corrected chi connectivity index (χ0v) is 13.1. The molecule has 2 rings (SSSR count). The quantitative estimate of drug-likeness (QED) is 0.657. The van der Waals surface area contributed by atoms with E-state index in [4.69, 9.17) is 4.74 Å². The number of ether oxygens (including phenoxy) is 1. The van der Waals surface area contributed by atoms with Crippen LogP contribution in [0.1, 0.15) is 13.8 Å². The van der Waals surface area contributed by atoms with Crippen LogP contribution in [0.5, 0.6) is 5.75 Å². The predicted octanol–water partition coefficient (Wildman–Crippen LogP) is 3.20. The van der Waals surface area contributed by atoms with Gasteiger partial charge in [-0.2, -0.15) is 0 Å². The summed E-state index contributed by atoms with van der Waals surface area (Å²) in [5.74, 6) is 0.248. The number of hydrogen-bond acceptors (Lipinski definition) is 5. The summed E-state index contributed by atoms with van der Waals surface area (Å²) in [6, 6.07) is 7.35. The molecule has 0 unspecified atom stereocenters. The maximum atomic E-state index is 12.3. The maximum absolute atomic E-state index is 12.3. The zero-order chi connectivity index (χ0) is 16.7. The lowest BCUT2D eigenvalue weighted by Gasteiger charge is -2.11. The topological polar surface area (TPSA) is 75.9 Å². The van der Waals surface area contributed by atoms with Crippen molar-refractivity contribution in [3.05, 3.63) is 42.4 Å². The van der Waals surface area contributed by atoms with E-state index in [1.54, 1.807) is 25.4 Å². The molecule has 0 spiro atoms. The van der Waals surface area contributed by atoms with Crippen LogP contribution in [0, 0.1) is 0 Å². The fourth-order valence-corrected chi connectivity index (χ4v) is 2.01. The van der Waals surface area contributed by atoms with Gasteiger partial charge >= 0.3 is 0 Å². The number of aliphatic imine (C=N–C) groups is 2. The molecule has 0 saturated heterocycles. The number of hydrogen-bond donors (Lipinski definition) is 1. The number of anilines is 1. The largest absolute Gasteiger partial charge is 0.494 e. The summed E-state index contributed by atoms with van der Waals surface area (Å²) >= 11 is 0. The third kappa shape index (κ3) is 4.00. The first kappa shape index (κ1) is 16.4. The summed E-state index contributed by atoms with van der Waals surface area (Å²) in [6.07, 6.45) is 4.58. The number of carbonyl (C=O) groups is 1. The van der Waals surface area contributed by atoms with E-state index in [0.717, 1.165) is 5.39 Å². The first-order valence-corrected chi connectivity index (χ1v) is 7.17. The average molecular weight is 310 g/mol. The first-order valence-electron chi connectivity index (χ1n) is 7.17. The summed E-state index contributed by atoms with van der Waals surface area (Å²) in [5.41, 5.74) is 1.34. The molecule has 1 aromatic heterocycles. The smallest absolute Gasteiger partial charge is 0.275 e. The number of pyridine rings is 1. The van der Waals surface area contributed by atoms with Gasteiger partial charge in [-0.05, 0) is 32.7 Å². The molecule has 1 amide bonds. The molecule has 0 bridgehead atoms. The van der Waals surface area contributed by atoms with Crippen LogP contribution in [-0.2, 0) is 4.79 Å². The van der Waals surface area contributed by atoms with Crippen LogP contribution in [0.2, 0.25) is 0 Å². The lowest BCUT2D eigenvalue weighted by Crippen LogP contribution is -2.14. The highest BCUT2D eigenvalue weighted by molar-refractivity contribution is 6.08. The monoisotopic (exact) mass is 310 g/mol. The molecule has 0 atom stereocenters. The highest BCUT2D eigenvalue weighted by Crippen LogP contribution is 2.28. The Morgan fingerprint density at radius 1 is 1.48 bits per heavy atom. The summed E-state index contributed by atoms with van der Waals surface area (Å²) in [7, 11) is 0. The van der Waals surface area contributed by atoms with E-state index in [0.29, 0.717) is 23.6 Å². The molecular weight excluding hydrogens is 292 g/mol. The number of aromatic nitrogens is 1. The van der Waals surface area contributed by atoms with Crippen LogP contribution in [0.15, 0.2) is 52.3 Å². The highest BCUT2D eigenvalue weighted by atomic mass is 16.5. The minimum atomic E-state index is -0.411. The van der Waals surface area contributed by atoms with Gasteiger partial charge in [0.15, 0.2) is 0 Å². The van der Waals surface area contributed by atoms with E-state index >= 15 is 0 Å². The number of amides is 1. The molecule has 2 aromatic rings. The molecule has 0 saturated carbocycles. The second-order valence-corrected chi connectivity index (χ2v) is 4.51. The van der Waals surface area contributed by atoms with Crippen molar-refractivity contribution in [3.8, 4) is 5.75 Å². The predicted molar refractivity (Wildman–Crippen MR) is 93.3 cm³/mol. The van der Waals surface area contributed by atoms with Crippen molar-refractivity contribution in [1.82, 2.24) is 4.98 Å². The Bertz CT molecular complexity index is 781. The molecule has 118 valence electrons. The Kier molecular flexibility index (Phi) is 5.57. The summed E-state index contributed by atoms with van der Waals surface area (Å²) in [5, 5.41) is 3.66. The van der Waals surface area contributed by atoms with E-state index in [9.17, 15) is 4.79 Å². The fourth-order valence-electron chi connectivity index (χ4n) is 2.01. The summed E-state index contributed by atoms with van der Waals surface area (Å²) in [6.45, 7) is 7.57. The van der Waals surface area contributed by atoms with E-state index in [1.807, 2.05) is 25.1 Å². The van der Waals surface area contributed by atoms with Crippen LogP contribution in [0.3, 0.4) is 0 Å². The molecule has 6 heteroatoms. The van der Waals surface area contributed by atoms with Crippen LogP contribution >= 0.6 is 0 Å². The minimum Gasteiger partial charge on any atom is -0.494 e. The number of fused-ring (bicyclic) bond motifs is 1. The third-order valence-electron chi connectivity index (χ3n) is 2.99. The summed E-state index contributed by atoms with van der Waals surface area (Å²) in [4.78, 5) is 24.2. The van der Waals surface area contributed by atoms with Crippen molar-refractivity contribution in [3.63, 3.8) is 0 Å². The third-order valence-corrected chi connectivity index (χ3v) is 2.99. The number of carbonyl (C=O) groups excluding carboxylic acids is 1. The van der Waals surface area contributed by atoms with Crippen molar-refractivity contribution in [2.75, 3.05) is 11.9 Å². The van der Waals surface area contributed by atoms with Crippen molar-refractivity contribution in [2.45, 2.75) is 13.8 Å². The van der Waals surface area contributed by atoms with Gasteiger partial charge in [-0.25, -0.2) is 0 Å². The van der Waals surface area contributed by atoms with Gasteiger partial charge in [0.1, 0.15) is 11.4 Å². The highest BCUT2D eigenvalue weighted by Gasteiger charge is 2.12. The molecule has 23 heavy (non-hydrogen) atoms. The number of rotatable bonds is 6. The number of nitrogens with one attached hydrogen (secondary N) is 1. The molecule has 1 aromatic carbocycles. The lowest BCUT2D eigenvalue weighted by atomic mass is 10.1. The zero-order valence-electron chi connectivity index (χ0n) is 13.1. The number of benzene rings is 1. The van der Waals surface area contributed by atoms with E-state index in [2.05, 4.69) is 27.0 Å². The molecule has 0 aliphatic carbocycles. The second kappa shape index (κ2) is 7.84. The minimum absolute atomic E-state index is 0.119. The SMILES string of the molecule is C=N/C(=C\N=C/C)C(=O)Nc1cc(OCC)cc2cccnc12. The Balaban J connectivity index is 2.41. The molecule has 0 aliphatic rings. The van der Waals surface area contributed by atoms with Crippen molar-refractivity contribution in [2.24, 2.45) is 9.98 Å². The van der Waals surface area contributed by atoms with Gasteiger partial charge in [0.2, 0.25) is 0 Å². The van der Waals surface area contributed by atoms with Gasteiger partial charge in [-0.3, -0.25) is 19.8 Å². The Hall–Kier alpha value is -3.02. The van der Waals surface area contributed by atoms with Crippen LogP contribution < -0.4 is 10.1 Å². The van der Waals surface area contributed by atoms with E-state index in [1.165, 1.54) is 6.20 Å². The van der Waals surface area contributed by atoms with Gasteiger partial charge in [0.05, 0.1) is 24.0 Å². The number of nitrogens with zero attached hydrogens (tertiary/aromatic N) is 3.